The molecule has 0 unspecified atom stereocenters. The van der Waals surface area contributed by atoms with Crippen molar-refractivity contribution in [1.82, 2.24) is 15.8 Å². The second-order valence-corrected chi connectivity index (χ2v) is 5.42. The highest BCUT2D eigenvalue weighted by molar-refractivity contribution is 5.74. The Balaban J connectivity index is 1.72. The minimum atomic E-state index is -0.236. The van der Waals surface area contributed by atoms with Gasteiger partial charge in [0.15, 0.2) is 0 Å². The number of hydrogen-bond donors (Lipinski definition) is 2. The largest absolute Gasteiger partial charge is 0.335 e. The average Bonchev–Trinajstić information content (AvgIpc) is 2.53. The van der Waals surface area contributed by atoms with Crippen LogP contribution in [0.3, 0.4) is 0 Å². The second kappa shape index (κ2) is 6.58. The predicted octanol–water partition coefficient (Wildman–Crippen LogP) is 2.47. The Hall–Kier alpha value is -2.40. The van der Waals surface area contributed by atoms with Crippen molar-refractivity contribution in [2.75, 3.05) is 6.54 Å². The number of hydrogen-bond acceptors (Lipinski definition) is 2. The van der Waals surface area contributed by atoms with Crippen molar-refractivity contribution >= 4 is 6.03 Å². The zero-order valence-electron chi connectivity index (χ0n) is 12.1. The van der Waals surface area contributed by atoms with Crippen molar-refractivity contribution in [2.45, 2.75) is 19.0 Å². The molecular weight excluding hydrogens is 281 g/mol. The Labute approximate surface area is 128 Å². The van der Waals surface area contributed by atoms with Gasteiger partial charge in [0.2, 0.25) is 0 Å². The van der Waals surface area contributed by atoms with Crippen LogP contribution in [0.25, 0.3) is 0 Å². The molecule has 0 radical (unpaired) electrons. The van der Waals surface area contributed by atoms with Gasteiger partial charge in [-0.25, -0.2) is 14.2 Å². The van der Waals surface area contributed by atoms with E-state index >= 15 is 0 Å². The number of carbonyl (C=O) groups is 1. The van der Waals surface area contributed by atoms with Crippen LogP contribution in [0.5, 0.6) is 0 Å². The molecule has 1 aliphatic rings. The molecule has 1 atom stereocenters. The molecule has 1 aliphatic heterocycles. The molecule has 114 valence electrons. The number of nitrogens with zero attached hydrogens (tertiary/aromatic N) is 1. The molecule has 0 spiro atoms. The van der Waals surface area contributed by atoms with Crippen LogP contribution in [-0.2, 0) is 13.0 Å². The number of benzene rings is 2. The molecule has 2 aromatic carbocycles. The van der Waals surface area contributed by atoms with Gasteiger partial charge in [-0.15, -0.1) is 0 Å². The van der Waals surface area contributed by atoms with E-state index in [9.17, 15) is 9.18 Å². The first-order valence-electron chi connectivity index (χ1n) is 7.30. The fourth-order valence-corrected chi connectivity index (χ4v) is 2.61. The number of halogens is 1. The summed E-state index contributed by atoms with van der Waals surface area (Å²) in [6, 6.07) is 16.4. The average molecular weight is 299 g/mol. The third-order valence-corrected chi connectivity index (χ3v) is 3.76. The SMILES string of the molecule is O=C1NC[C@H](Cc2ccc(F)cc2)N(Cc2ccccc2)N1. The summed E-state index contributed by atoms with van der Waals surface area (Å²) in [5, 5.41) is 4.76. The molecule has 1 heterocycles. The van der Waals surface area contributed by atoms with Gasteiger partial charge in [0.1, 0.15) is 5.82 Å². The summed E-state index contributed by atoms with van der Waals surface area (Å²) in [5.74, 6) is -0.236. The summed E-state index contributed by atoms with van der Waals surface area (Å²) < 4.78 is 13.0. The zero-order valence-corrected chi connectivity index (χ0v) is 12.1. The van der Waals surface area contributed by atoms with Crippen molar-refractivity contribution in [3.05, 3.63) is 71.5 Å². The van der Waals surface area contributed by atoms with E-state index in [1.165, 1.54) is 12.1 Å². The Bertz CT molecular complexity index is 630. The number of amides is 2. The molecule has 1 fully saturated rings. The Morgan fingerprint density at radius 2 is 1.77 bits per heavy atom. The van der Waals surface area contributed by atoms with Gasteiger partial charge < -0.3 is 5.32 Å². The lowest BCUT2D eigenvalue weighted by Crippen LogP contribution is -2.61. The minimum absolute atomic E-state index is 0.114. The van der Waals surface area contributed by atoms with Gasteiger partial charge in [-0.2, -0.15) is 0 Å². The quantitative estimate of drug-likeness (QED) is 0.911. The van der Waals surface area contributed by atoms with E-state index in [2.05, 4.69) is 10.7 Å². The first kappa shape index (κ1) is 14.5. The Morgan fingerprint density at radius 3 is 2.50 bits per heavy atom. The van der Waals surface area contributed by atoms with Crippen LogP contribution in [0.2, 0.25) is 0 Å². The molecule has 0 aliphatic carbocycles. The first-order valence-corrected chi connectivity index (χ1v) is 7.30. The Kier molecular flexibility index (Phi) is 4.34. The second-order valence-electron chi connectivity index (χ2n) is 5.42. The van der Waals surface area contributed by atoms with Crippen LogP contribution >= 0.6 is 0 Å². The summed E-state index contributed by atoms with van der Waals surface area (Å²) in [7, 11) is 0. The van der Waals surface area contributed by atoms with Crippen LogP contribution in [0.15, 0.2) is 54.6 Å². The van der Waals surface area contributed by atoms with E-state index < -0.39 is 0 Å². The van der Waals surface area contributed by atoms with Crippen LogP contribution in [0.4, 0.5) is 9.18 Å². The molecule has 2 N–H and O–H groups in total. The van der Waals surface area contributed by atoms with Gasteiger partial charge >= 0.3 is 6.03 Å². The molecule has 22 heavy (non-hydrogen) atoms. The van der Waals surface area contributed by atoms with Gasteiger partial charge in [0.05, 0.1) is 6.04 Å². The molecule has 0 saturated carbocycles. The smallest absolute Gasteiger partial charge is 0.329 e. The summed E-state index contributed by atoms with van der Waals surface area (Å²) in [5.41, 5.74) is 5.03. The fourth-order valence-electron chi connectivity index (χ4n) is 2.61. The van der Waals surface area contributed by atoms with Crippen LogP contribution in [-0.4, -0.2) is 23.6 Å². The van der Waals surface area contributed by atoms with E-state index in [1.54, 1.807) is 12.1 Å². The lowest BCUT2D eigenvalue weighted by molar-refractivity contribution is 0.0987. The first-order chi connectivity index (χ1) is 10.7. The molecule has 5 heteroatoms. The van der Waals surface area contributed by atoms with Crippen molar-refractivity contribution in [1.29, 1.82) is 0 Å². The number of hydrazine groups is 1. The van der Waals surface area contributed by atoms with Crippen molar-refractivity contribution in [3.8, 4) is 0 Å². The zero-order chi connectivity index (χ0) is 15.4. The molecule has 1 saturated heterocycles. The Morgan fingerprint density at radius 1 is 1.05 bits per heavy atom. The number of rotatable bonds is 4. The molecule has 4 nitrogen and oxygen atoms in total. The van der Waals surface area contributed by atoms with Gasteiger partial charge in [0.25, 0.3) is 0 Å². The molecule has 2 aromatic rings. The van der Waals surface area contributed by atoms with Crippen LogP contribution in [0.1, 0.15) is 11.1 Å². The number of carbonyl (C=O) groups excluding carboxylic acids is 1. The number of urea groups is 1. The number of nitrogens with one attached hydrogen (secondary N) is 2. The van der Waals surface area contributed by atoms with E-state index in [-0.39, 0.29) is 17.9 Å². The predicted molar refractivity (Wildman–Crippen MR) is 82.4 cm³/mol. The maximum Gasteiger partial charge on any atom is 0.329 e. The van der Waals surface area contributed by atoms with E-state index in [0.29, 0.717) is 13.1 Å². The molecular formula is C17H18FN3O. The van der Waals surface area contributed by atoms with Crippen LogP contribution in [0, 0.1) is 5.82 Å². The van der Waals surface area contributed by atoms with E-state index in [4.69, 9.17) is 0 Å². The lowest BCUT2D eigenvalue weighted by atomic mass is 10.0. The van der Waals surface area contributed by atoms with Gasteiger partial charge in [-0.1, -0.05) is 42.5 Å². The summed E-state index contributed by atoms with van der Waals surface area (Å²) in [6.45, 7) is 1.20. The lowest BCUT2D eigenvalue weighted by Gasteiger charge is -2.36. The molecule has 0 bridgehead atoms. The normalized spacial score (nSPS) is 18.6. The van der Waals surface area contributed by atoms with Gasteiger partial charge in [-0.3, -0.25) is 5.43 Å². The topological polar surface area (TPSA) is 44.4 Å². The molecule has 2 amide bonds. The molecule has 0 aromatic heterocycles. The maximum absolute atomic E-state index is 13.0. The van der Waals surface area contributed by atoms with Crippen LogP contribution < -0.4 is 10.7 Å². The third kappa shape index (κ3) is 3.62. The standard InChI is InChI=1S/C17H18FN3O/c18-15-8-6-13(7-9-15)10-16-11-19-17(22)20-21(16)12-14-4-2-1-3-5-14/h1-9,16H,10-12H2,(H2,19,20,22)/t16-/m0/s1. The summed E-state index contributed by atoms with van der Waals surface area (Å²) in [6.07, 6.45) is 0.737. The highest BCUT2D eigenvalue weighted by atomic mass is 19.1. The third-order valence-electron chi connectivity index (χ3n) is 3.76. The summed E-state index contributed by atoms with van der Waals surface area (Å²) in [4.78, 5) is 11.6. The highest BCUT2D eigenvalue weighted by Crippen LogP contribution is 2.13. The maximum atomic E-state index is 13.0. The summed E-state index contributed by atoms with van der Waals surface area (Å²) >= 11 is 0. The van der Waals surface area contributed by atoms with Gasteiger partial charge in [-0.05, 0) is 29.7 Å². The highest BCUT2D eigenvalue weighted by Gasteiger charge is 2.26. The monoisotopic (exact) mass is 299 g/mol. The van der Waals surface area contributed by atoms with Gasteiger partial charge in [0, 0.05) is 13.1 Å². The van der Waals surface area contributed by atoms with Crippen molar-refractivity contribution in [2.24, 2.45) is 0 Å². The van der Waals surface area contributed by atoms with E-state index in [1.807, 2.05) is 35.3 Å². The fraction of sp³-hybridized carbons (Fsp3) is 0.235. The van der Waals surface area contributed by atoms with Crippen molar-refractivity contribution in [3.63, 3.8) is 0 Å². The van der Waals surface area contributed by atoms with Crippen molar-refractivity contribution < 1.29 is 9.18 Å². The molecule has 3 rings (SSSR count). The minimum Gasteiger partial charge on any atom is -0.335 e. The van der Waals surface area contributed by atoms with E-state index in [0.717, 1.165) is 17.5 Å².